The zero-order valence-corrected chi connectivity index (χ0v) is 12.7. The lowest BCUT2D eigenvalue weighted by atomic mass is 10.1. The number of benzene rings is 2. The van der Waals surface area contributed by atoms with Crippen molar-refractivity contribution in [1.29, 1.82) is 0 Å². The Morgan fingerprint density at radius 1 is 1.22 bits per heavy atom. The Morgan fingerprint density at radius 3 is 2.74 bits per heavy atom. The van der Waals surface area contributed by atoms with Gasteiger partial charge in [-0.3, -0.25) is 0 Å². The highest BCUT2D eigenvalue weighted by Crippen LogP contribution is 2.25. The van der Waals surface area contributed by atoms with E-state index in [1.807, 2.05) is 31.2 Å². The molecule has 2 aromatic rings. The first kappa shape index (κ1) is 15.0. The number of hydrogen-bond donors (Lipinski definition) is 0. The fourth-order valence-electron chi connectivity index (χ4n) is 2.30. The van der Waals surface area contributed by atoms with Crippen LogP contribution in [-0.2, 0) is 9.53 Å². The van der Waals surface area contributed by atoms with Gasteiger partial charge in [-0.15, -0.1) is 0 Å². The van der Waals surface area contributed by atoms with Gasteiger partial charge in [-0.05, 0) is 42.8 Å². The van der Waals surface area contributed by atoms with Crippen LogP contribution in [0, 0.1) is 12.7 Å². The lowest BCUT2D eigenvalue weighted by molar-refractivity contribution is -0.129. The van der Waals surface area contributed by atoms with E-state index in [1.54, 1.807) is 0 Å². The number of carbonyl (C=O) groups is 1. The van der Waals surface area contributed by atoms with E-state index in [0.717, 1.165) is 11.1 Å². The summed E-state index contributed by atoms with van der Waals surface area (Å²) < 4.78 is 23.8. The lowest BCUT2D eigenvalue weighted by Gasteiger charge is -2.04. The number of methoxy groups -OCH3 is 1. The minimum atomic E-state index is -0.574. The predicted molar refractivity (Wildman–Crippen MR) is 84.7 cm³/mol. The Hall–Kier alpha value is -2.95. The van der Waals surface area contributed by atoms with Crippen LogP contribution < -0.4 is 4.74 Å². The van der Waals surface area contributed by atoms with Gasteiger partial charge in [0.05, 0.1) is 7.11 Å². The number of nitrogens with zero attached hydrogens (tertiary/aromatic N) is 1. The Balaban J connectivity index is 2.02. The summed E-state index contributed by atoms with van der Waals surface area (Å²) in [4.78, 5) is 16.2. The average molecular weight is 311 g/mol. The summed E-state index contributed by atoms with van der Waals surface area (Å²) in [6.07, 6.45) is 1.45. The first-order chi connectivity index (χ1) is 11.1. The third-order valence-electron chi connectivity index (χ3n) is 3.48. The molecule has 3 rings (SSSR count). The molecule has 0 N–H and O–H groups in total. The van der Waals surface area contributed by atoms with Crippen LogP contribution in [0.2, 0.25) is 0 Å². The molecule has 1 aliphatic heterocycles. The minimum absolute atomic E-state index is 0.104. The molecule has 1 heterocycles. The quantitative estimate of drug-likeness (QED) is 0.644. The smallest absolute Gasteiger partial charge is 0.363 e. The van der Waals surface area contributed by atoms with Gasteiger partial charge in [0, 0.05) is 11.1 Å². The van der Waals surface area contributed by atoms with Gasteiger partial charge in [0.1, 0.15) is 11.6 Å². The molecule has 0 bridgehead atoms. The first-order valence-electron chi connectivity index (χ1n) is 7.00. The van der Waals surface area contributed by atoms with Gasteiger partial charge in [0.15, 0.2) is 5.70 Å². The summed E-state index contributed by atoms with van der Waals surface area (Å²) in [5, 5.41) is 0. The van der Waals surface area contributed by atoms with E-state index in [2.05, 4.69) is 4.99 Å². The molecular formula is C18H14FNO3. The molecule has 4 nitrogen and oxygen atoms in total. The standard InChI is InChI=1S/C18H14FNO3/c1-11-5-3-4-6-14(11)17-20-15(18(21)23-17)10-12-9-13(19)7-8-16(12)22-2/h3-10H,1-2H3/b15-10+. The van der Waals surface area contributed by atoms with Crippen molar-refractivity contribution in [1.82, 2.24) is 0 Å². The van der Waals surface area contributed by atoms with Crippen molar-refractivity contribution in [2.24, 2.45) is 4.99 Å². The fraction of sp³-hybridized carbons (Fsp3) is 0.111. The topological polar surface area (TPSA) is 47.9 Å². The Kier molecular flexibility index (Phi) is 3.93. The number of carbonyl (C=O) groups excluding carboxylic acids is 1. The average Bonchev–Trinajstić information content (AvgIpc) is 2.89. The summed E-state index contributed by atoms with van der Waals surface area (Å²) in [7, 11) is 1.48. The summed E-state index contributed by atoms with van der Waals surface area (Å²) in [6, 6.07) is 11.5. The van der Waals surface area contributed by atoms with Crippen LogP contribution in [0.4, 0.5) is 4.39 Å². The van der Waals surface area contributed by atoms with Crippen LogP contribution in [0.15, 0.2) is 53.2 Å². The van der Waals surface area contributed by atoms with Crippen LogP contribution in [0.25, 0.3) is 6.08 Å². The largest absolute Gasteiger partial charge is 0.496 e. The van der Waals surface area contributed by atoms with Crippen LogP contribution in [0.3, 0.4) is 0 Å². The SMILES string of the molecule is COc1ccc(F)cc1/C=C1/N=C(c2ccccc2C)OC1=O. The highest BCUT2D eigenvalue weighted by atomic mass is 19.1. The molecule has 2 aromatic carbocycles. The number of aliphatic imine (C=N–C) groups is 1. The summed E-state index contributed by atoms with van der Waals surface area (Å²) >= 11 is 0. The Morgan fingerprint density at radius 2 is 2.00 bits per heavy atom. The first-order valence-corrected chi connectivity index (χ1v) is 7.00. The molecule has 5 heteroatoms. The molecule has 0 aliphatic carbocycles. The van der Waals surface area contributed by atoms with Gasteiger partial charge in [-0.1, -0.05) is 18.2 Å². The molecule has 0 atom stereocenters. The zero-order valence-electron chi connectivity index (χ0n) is 12.7. The number of esters is 1. The van der Waals surface area contributed by atoms with Gasteiger partial charge in [0.2, 0.25) is 5.90 Å². The Labute approximate surface area is 132 Å². The predicted octanol–water partition coefficient (Wildman–Crippen LogP) is 3.49. The van der Waals surface area contributed by atoms with Crippen LogP contribution in [-0.4, -0.2) is 19.0 Å². The molecule has 0 saturated carbocycles. The van der Waals surface area contributed by atoms with Gasteiger partial charge < -0.3 is 9.47 Å². The van der Waals surface area contributed by atoms with Crippen molar-refractivity contribution in [2.75, 3.05) is 7.11 Å². The molecule has 0 radical (unpaired) electrons. The maximum Gasteiger partial charge on any atom is 0.363 e. The normalized spacial score (nSPS) is 15.5. The van der Waals surface area contributed by atoms with Gasteiger partial charge in [0.25, 0.3) is 0 Å². The van der Waals surface area contributed by atoms with Crippen molar-refractivity contribution in [3.63, 3.8) is 0 Å². The van der Waals surface area contributed by atoms with Crippen molar-refractivity contribution in [3.8, 4) is 5.75 Å². The number of ether oxygens (including phenoxy) is 2. The molecule has 0 amide bonds. The third kappa shape index (κ3) is 2.99. The lowest BCUT2D eigenvalue weighted by Crippen LogP contribution is -2.06. The van der Waals surface area contributed by atoms with Crippen molar-refractivity contribution in [3.05, 3.63) is 70.7 Å². The van der Waals surface area contributed by atoms with E-state index >= 15 is 0 Å². The number of halogens is 1. The molecule has 0 aromatic heterocycles. The molecular weight excluding hydrogens is 297 g/mol. The van der Waals surface area contributed by atoms with Crippen LogP contribution in [0.5, 0.6) is 5.75 Å². The van der Waals surface area contributed by atoms with Crippen molar-refractivity contribution < 1.29 is 18.7 Å². The van der Waals surface area contributed by atoms with Gasteiger partial charge in [-0.2, -0.15) is 0 Å². The number of hydrogen-bond acceptors (Lipinski definition) is 4. The summed E-state index contributed by atoms with van der Waals surface area (Å²) in [5.74, 6) is -0.303. The molecule has 0 fully saturated rings. The second-order valence-electron chi connectivity index (χ2n) is 5.04. The van der Waals surface area contributed by atoms with Crippen LogP contribution in [0.1, 0.15) is 16.7 Å². The van der Waals surface area contributed by atoms with E-state index in [0.29, 0.717) is 11.3 Å². The van der Waals surface area contributed by atoms with Gasteiger partial charge in [-0.25, -0.2) is 14.2 Å². The second-order valence-corrected chi connectivity index (χ2v) is 5.04. The highest BCUT2D eigenvalue weighted by molar-refractivity contribution is 6.13. The maximum atomic E-state index is 13.4. The van der Waals surface area contributed by atoms with E-state index in [9.17, 15) is 9.18 Å². The zero-order chi connectivity index (χ0) is 16.4. The van der Waals surface area contributed by atoms with E-state index in [1.165, 1.54) is 31.4 Å². The fourth-order valence-corrected chi connectivity index (χ4v) is 2.30. The number of aryl methyl sites for hydroxylation is 1. The molecule has 23 heavy (non-hydrogen) atoms. The van der Waals surface area contributed by atoms with E-state index in [4.69, 9.17) is 9.47 Å². The number of cyclic esters (lactones) is 1. The van der Waals surface area contributed by atoms with Crippen LogP contribution >= 0.6 is 0 Å². The maximum absolute atomic E-state index is 13.4. The highest BCUT2D eigenvalue weighted by Gasteiger charge is 2.25. The van der Waals surface area contributed by atoms with E-state index < -0.39 is 11.8 Å². The molecule has 1 aliphatic rings. The Bertz CT molecular complexity index is 840. The molecule has 116 valence electrons. The van der Waals surface area contributed by atoms with Crippen molar-refractivity contribution in [2.45, 2.75) is 6.92 Å². The molecule has 0 saturated heterocycles. The number of rotatable bonds is 3. The molecule has 0 spiro atoms. The van der Waals surface area contributed by atoms with Crippen molar-refractivity contribution >= 4 is 17.9 Å². The summed E-state index contributed by atoms with van der Waals surface area (Å²) in [5.41, 5.74) is 2.22. The minimum Gasteiger partial charge on any atom is -0.496 e. The monoisotopic (exact) mass is 311 g/mol. The second kappa shape index (κ2) is 6.04. The molecule has 0 unspecified atom stereocenters. The third-order valence-corrected chi connectivity index (χ3v) is 3.48. The summed E-state index contributed by atoms with van der Waals surface area (Å²) in [6.45, 7) is 1.91. The van der Waals surface area contributed by atoms with Gasteiger partial charge >= 0.3 is 5.97 Å². The van der Waals surface area contributed by atoms with E-state index in [-0.39, 0.29) is 11.6 Å².